The second-order valence-electron chi connectivity index (χ2n) is 8.24. The lowest BCUT2D eigenvalue weighted by atomic mass is 10.0. The first-order valence-corrected chi connectivity index (χ1v) is 13.2. The zero-order valence-corrected chi connectivity index (χ0v) is 20.4. The molecule has 8 nitrogen and oxygen atoms in total. The highest BCUT2D eigenvalue weighted by Crippen LogP contribution is 2.42. The van der Waals surface area contributed by atoms with Crippen molar-refractivity contribution in [2.75, 3.05) is 15.9 Å². The highest BCUT2D eigenvalue weighted by atomic mass is 32.2. The number of anilines is 2. The third-order valence-electron chi connectivity index (χ3n) is 5.76. The largest absolute Gasteiger partial charge is 0.508 e. The minimum absolute atomic E-state index is 0.196. The first kappa shape index (κ1) is 22.9. The van der Waals surface area contributed by atoms with E-state index in [0.717, 1.165) is 29.0 Å². The molecule has 2 aromatic carbocycles. The molecular weight excluding hydrogens is 482 g/mol. The number of nitrogens with one attached hydrogen (secondary N) is 2. The number of aromatic hydroxyl groups is 1. The molecule has 35 heavy (non-hydrogen) atoms. The number of rotatable bonds is 6. The van der Waals surface area contributed by atoms with Crippen LogP contribution in [0.5, 0.6) is 5.75 Å². The molecule has 1 fully saturated rings. The van der Waals surface area contributed by atoms with Gasteiger partial charge < -0.3 is 19.9 Å². The predicted molar refractivity (Wildman–Crippen MR) is 140 cm³/mol. The maximum Gasteiger partial charge on any atom is 0.229 e. The second-order valence-corrected chi connectivity index (χ2v) is 10.4. The van der Waals surface area contributed by atoms with Crippen molar-refractivity contribution < 1.29 is 13.5 Å². The molecule has 2 aromatic heterocycles. The standard InChI is InChI=1S/C25H23N5O3S2/c1-35(32,33)28-17-7-9-19(10-8-17)30-24(23(27-25(30)34)21-5-2-3-15-26-21)22-6-4-16-29(22)18-11-13-20(31)14-12-18/h2-16,23-24,28,31H,1H3,(H,27,34)/t23-,24-/m1/s1. The molecule has 178 valence electrons. The first-order valence-electron chi connectivity index (χ1n) is 10.9. The van der Waals surface area contributed by atoms with Crippen LogP contribution in [0.3, 0.4) is 0 Å². The van der Waals surface area contributed by atoms with E-state index in [4.69, 9.17) is 12.2 Å². The summed E-state index contributed by atoms with van der Waals surface area (Å²) in [6.07, 6.45) is 4.84. The van der Waals surface area contributed by atoms with Gasteiger partial charge in [0.1, 0.15) is 11.8 Å². The maximum absolute atomic E-state index is 11.6. The van der Waals surface area contributed by atoms with E-state index < -0.39 is 10.0 Å². The Morgan fingerprint density at radius 1 is 0.971 bits per heavy atom. The highest BCUT2D eigenvalue weighted by molar-refractivity contribution is 7.92. The molecule has 1 aliphatic heterocycles. The fourth-order valence-electron chi connectivity index (χ4n) is 4.32. The number of aromatic nitrogens is 2. The number of nitrogens with zero attached hydrogens (tertiary/aromatic N) is 3. The molecule has 10 heteroatoms. The zero-order valence-electron chi connectivity index (χ0n) is 18.7. The Labute approximate surface area is 208 Å². The SMILES string of the molecule is CS(=O)(=O)Nc1ccc(N2C(=S)N[C@H](c3ccccn3)[C@H]2c2cccn2-c2ccc(O)cc2)cc1. The Morgan fingerprint density at radius 3 is 2.34 bits per heavy atom. The van der Waals surface area contributed by atoms with E-state index in [2.05, 4.69) is 19.6 Å². The minimum atomic E-state index is -3.38. The van der Waals surface area contributed by atoms with Crippen molar-refractivity contribution >= 4 is 38.7 Å². The molecule has 3 heterocycles. The van der Waals surface area contributed by atoms with Gasteiger partial charge in [0, 0.05) is 35.1 Å². The van der Waals surface area contributed by atoms with Crippen molar-refractivity contribution in [1.82, 2.24) is 14.9 Å². The summed E-state index contributed by atoms with van der Waals surface area (Å²) in [4.78, 5) is 6.60. The number of hydrogen-bond acceptors (Lipinski definition) is 5. The molecule has 1 saturated heterocycles. The Balaban J connectivity index is 1.60. The monoisotopic (exact) mass is 505 g/mol. The van der Waals surface area contributed by atoms with Crippen LogP contribution < -0.4 is 14.9 Å². The molecule has 1 aliphatic rings. The lowest BCUT2D eigenvalue weighted by Gasteiger charge is -2.29. The molecule has 2 atom stereocenters. The van der Waals surface area contributed by atoms with Crippen molar-refractivity contribution in [3.05, 3.63) is 103 Å². The molecule has 0 amide bonds. The first-order chi connectivity index (χ1) is 16.8. The van der Waals surface area contributed by atoms with Gasteiger partial charge >= 0.3 is 0 Å². The number of pyridine rings is 1. The Kier molecular flexibility index (Phi) is 5.91. The van der Waals surface area contributed by atoms with Gasteiger partial charge in [0.05, 0.1) is 18.0 Å². The van der Waals surface area contributed by atoms with Gasteiger partial charge in [0.2, 0.25) is 10.0 Å². The van der Waals surface area contributed by atoms with Crippen LogP contribution in [0.2, 0.25) is 0 Å². The summed E-state index contributed by atoms with van der Waals surface area (Å²) in [7, 11) is -3.38. The molecular formula is C25H23N5O3S2. The summed E-state index contributed by atoms with van der Waals surface area (Å²) in [5.41, 5.74) is 3.99. The van der Waals surface area contributed by atoms with Gasteiger partial charge in [-0.25, -0.2) is 8.42 Å². The van der Waals surface area contributed by atoms with Gasteiger partial charge in [-0.2, -0.15) is 0 Å². The third kappa shape index (κ3) is 4.71. The molecule has 0 radical (unpaired) electrons. The zero-order chi connectivity index (χ0) is 24.6. The molecule has 0 spiro atoms. The van der Waals surface area contributed by atoms with Gasteiger partial charge in [0.25, 0.3) is 0 Å². The van der Waals surface area contributed by atoms with E-state index in [1.165, 1.54) is 0 Å². The van der Waals surface area contributed by atoms with Crippen LogP contribution in [-0.2, 0) is 10.0 Å². The number of hydrogen-bond donors (Lipinski definition) is 3. The van der Waals surface area contributed by atoms with Gasteiger partial charge in [-0.05, 0) is 85.0 Å². The van der Waals surface area contributed by atoms with Gasteiger partial charge in [-0.3, -0.25) is 9.71 Å². The fourth-order valence-corrected chi connectivity index (χ4v) is 5.23. The van der Waals surface area contributed by atoms with Crippen molar-refractivity contribution in [2.24, 2.45) is 0 Å². The van der Waals surface area contributed by atoms with Crippen molar-refractivity contribution in [3.8, 4) is 11.4 Å². The molecule has 0 aliphatic carbocycles. The number of phenols is 1. The lowest BCUT2D eigenvalue weighted by molar-refractivity contribution is 0.475. The summed E-state index contributed by atoms with van der Waals surface area (Å²) < 4.78 is 27.8. The summed E-state index contributed by atoms with van der Waals surface area (Å²) in [5, 5.41) is 13.7. The molecule has 5 rings (SSSR count). The third-order valence-corrected chi connectivity index (χ3v) is 6.68. The minimum Gasteiger partial charge on any atom is -0.508 e. The maximum atomic E-state index is 11.6. The fraction of sp³-hybridized carbons (Fsp3) is 0.120. The Morgan fingerprint density at radius 2 is 1.69 bits per heavy atom. The Bertz CT molecular complexity index is 1450. The van der Waals surface area contributed by atoms with Crippen LogP contribution in [0.15, 0.2) is 91.3 Å². The van der Waals surface area contributed by atoms with Crippen LogP contribution in [-0.4, -0.2) is 34.4 Å². The van der Waals surface area contributed by atoms with Crippen LogP contribution in [0, 0.1) is 0 Å². The predicted octanol–water partition coefficient (Wildman–Crippen LogP) is 4.13. The summed E-state index contributed by atoms with van der Waals surface area (Å²) in [6, 6.07) is 23.4. The van der Waals surface area contributed by atoms with Crippen LogP contribution >= 0.6 is 12.2 Å². The molecule has 0 bridgehead atoms. The van der Waals surface area contributed by atoms with E-state index in [9.17, 15) is 13.5 Å². The van der Waals surface area contributed by atoms with Crippen LogP contribution in [0.25, 0.3) is 5.69 Å². The molecule has 4 aromatic rings. The summed E-state index contributed by atoms with van der Waals surface area (Å²) in [6.45, 7) is 0. The van der Waals surface area contributed by atoms with Crippen LogP contribution in [0.4, 0.5) is 11.4 Å². The summed E-state index contributed by atoms with van der Waals surface area (Å²) in [5.74, 6) is 0.196. The molecule has 0 saturated carbocycles. The normalized spacial score (nSPS) is 17.9. The van der Waals surface area contributed by atoms with Crippen molar-refractivity contribution in [3.63, 3.8) is 0 Å². The second kappa shape index (κ2) is 9.05. The van der Waals surface area contributed by atoms with Crippen molar-refractivity contribution in [1.29, 1.82) is 0 Å². The average molecular weight is 506 g/mol. The number of phenolic OH excluding ortho intramolecular Hbond substituents is 1. The lowest BCUT2D eigenvalue weighted by Crippen LogP contribution is -2.30. The number of thiocarbonyl (C=S) groups is 1. The van der Waals surface area contributed by atoms with E-state index in [-0.39, 0.29) is 17.8 Å². The van der Waals surface area contributed by atoms with Crippen LogP contribution in [0.1, 0.15) is 23.5 Å². The molecule has 3 N–H and O–H groups in total. The van der Waals surface area contributed by atoms with Crippen molar-refractivity contribution in [2.45, 2.75) is 12.1 Å². The Hall–Kier alpha value is -3.89. The number of sulfonamides is 1. The molecule has 0 unspecified atom stereocenters. The van der Waals surface area contributed by atoms with E-state index in [1.54, 1.807) is 30.5 Å². The van der Waals surface area contributed by atoms with E-state index in [1.807, 2.05) is 65.7 Å². The number of benzene rings is 2. The van der Waals surface area contributed by atoms with Gasteiger partial charge in [0.15, 0.2) is 5.11 Å². The van der Waals surface area contributed by atoms with E-state index in [0.29, 0.717) is 10.8 Å². The quantitative estimate of drug-likeness (QED) is 0.339. The average Bonchev–Trinajstić information content (AvgIpc) is 3.44. The van der Waals surface area contributed by atoms with Gasteiger partial charge in [-0.15, -0.1) is 0 Å². The van der Waals surface area contributed by atoms with Gasteiger partial charge in [-0.1, -0.05) is 6.07 Å². The summed E-state index contributed by atoms with van der Waals surface area (Å²) >= 11 is 5.78. The highest BCUT2D eigenvalue weighted by Gasteiger charge is 2.42. The van der Waals surface area contributed by atoms with E-state index >= 15 is 0 Å². The smallest absolute Gasteiger partial charge is 0.229 e. The topological polar surface area (TPSA) is 99.5 Å².